The molecule has 1 aliphatic rings. The van der Waals surface area contributed by atoms with Crippen LogP contribution in [0.1, 0.15) is 34.0 Å². The molecular weight excluding hydrogens is 322 g/mol. The largest absolute Gasteiger partial charge is 0.376 e. The molecule has 3 aromatic rings. The topological polar surface area (TPSA) is 29.5 Å². The van der Waals surface area contributed by atoms with Gasteiger partial charge >= 0.3 is 0 Å². The Labute approximate surface area is 153 Å². The molecule has 1 atom stereocenters. The van der Waals surface area contributed by atoms with Crippen LogP contribution in [0.4, 0.5) is 17.1 Å². The summed E-state index contributed by atoms with van der Waals surface area (Å²) in [6.45, 7) is 2.07. The maximum Gasteiger partial charge on any atom is 0.167 e. The average Bonchev–Trinajstić information content (AvgIpc) is 2.67. The lowest BCUT2D eigenvalue weighted by Crippen LogP contribution is -2.22. The van der Waals surface area contributed by atoms with E-state index in [1.807, 2.05) is 42.5 Å². The first-order chi connectivity index (χ1) is 12.7. The predicted octanol–water partition coefficient (Wildman–Crippen LogP) is 5.74. The number of aryl methyl sites for hydroxylation is 1. The third-order valence-corrected chi connectivity index (χ3v) is 4.92. The van der Waals surface area contributed by atoms with Gasteiger partial charge in [0.25, 0.3) is 0 Å². The Hall–Kier alpha value is -2.91. The minimum Gasteiger partial charge on any atom is -0.376 e. The van der Waals surface area contributed by atoms with E-state index in [4.69, 9.17) is 4.74 Å². The van der Waals surface area contributed by atoms with Crippen LogP contribution in [0.2, 0.25) is 0 Å². The van der Waals surface area contributed by atoms with Gasteiger partial charge in [0.1, 0.15) is 0 Å². The van der Waals surface area contributed by atoms with E-state index in [0.29, 0.717) is 6.42 Å². The summed E-state index contributed by atoms with van der Waals surface area (Å²) >= 11 is 0. The zero-order chi connectivity index (χ0) is 18.1. The standard InChI is InChI=1S/C23H21NO2/c1-16-11-13-17(14-12-16)24-20-9-5-3-7-18(20)22(25)15-23(26-2)19-8-4-6-10-21(19)24/h3-14,23H,15H2,1-2H3. The summed E-state index contributed by atoms with van der Waals surface area (Å²) in [7, 11) is 1.67. The van der Waals surface area contributed by atoms with E-state index in [0.717, 1.165) is 28.2 Å². The van der Waals surface area contributed by atoms with Gasteiger partial charge < -0.3 is 9.64 Å². The summed E-state index contributed by atoms with van der Waals surface area (Å²) in [4.78, 5) is 15.1. The summed E-state index contributed by atoms with van der Waals surface area (Å²) < 4.78 is 5.69. The van der Waals surface area contributed by atoms with Crippen molar-refractivity contribution >= 4 is 22.8 Å². The van der Waals surface area contributed by atoms with Gasteiger partial charge in [0.15, 0.2) is 5.78 Å². The van der Waals surface area contributed by atoms with Crippen molar-refractivity contribution in [2.45, 2.75) is 19.4 Å². The molecule has 3 heteroatoms. The van der Waals surface area contributed by atoms with Crippen molar-refractivity contribution in [3.8, 4) is 0 Å². The molecule has 0 spiro atoms. The third-order valence-electron chi connectivity index (χ3n) is 4.92. The van der Waals surface area contributed by atoms with Crippen LogP contribution in [0, 0.1) is 6.92 Å². The summed E-state index contributed by atoms with van der Waals surface area (Å²) in [5, 5.41) is 0. The number of Topliss-reactive ketones (excluding diaryl/α,β-unsaturated/α-hetero) is 1. The highest BCUT2D eigenvalue weighted by Crippen LogP contribution is 2.44. The van der Waals surface area contributed by atoms with Gasteiger partial charge in [0.05, 0.1) is 17.5 Å². The number of para-hydroxylation sites is 2. The molecule has 1 unspecified atom stereocenters. The molecule has 0 fully saturated rings. The number of anilines is 3. The smallest absolute Gasteiger partial charge is 0.167 e. The van der Waals surface area contributed by atoms with Crippen LogP contribution in [0.3, 0.4) is 0 Å². The highest BCUT2D eigenvalue weighted by molar-refractivity contribution is 6.04. The molecule has 130 valence electrons. The summed E-state index contributed by atoms with van der Waals surface area (Å²) in [5.74, 6) is 0.0964. The maximum absolute atomic E-state index is 13.0. The number of ketones is 1. The number of fused-ring (bicyclic) bond motifs is 2. The van der Waals surface area contributed by atoms with Crippen molar-refractivity contribution in [2.75, 3.05) is 12.0 Å². The van der Waals surface area contributed by atoms with Gasteiger partial charge in [0, 0.05) is 30.3 Å². The van der Waals surface area contributed by atoms with Gasteiger partial charge in [0.2, 0.25) is 0 Å². The minimum atomic E-state index is -0.264. The maximum atomic E-state index is 13.0. The van der Waals surface area contributed by atoms with E-state index in [2.05, 4.69) is 42.2 Å². The fraction of sp³-hybridized carbons (Fsp3) is 0.174. The van der Waals surface area contributed by atoms with Crippen molar-refractivity contribution in [2.24, 2.45) is 0 Å². The lowest BCUT2D eigenvalue weighted by molar-refractivity contribution is 0.0730. The molecule has 4 rings (SSSR count). The Balaban J connectivity index is 2.02. The molecule has 3 aromatic carbocycles. The van der Waals surface area contributed by atoms with E-state index in [1.54, 1.807) is 7.11 Å². The number of rotatable bonds is 2. The number of nitrogens with zero attached hydrogens (tertiary/aromatic N) is 1. The first kappa shape index (κ1) is 16.6. The molecule has 3 nitrogen and oxygen atoms in total. The molecule has 26 heavy (non-hydrogen) atoms. The van der Waals surface area contributed by atoms with E-state index in [1.165, 1.54) is 5.56 Å². The minimum absolute atomic E-state index is 0.0964. The van der Waals surface area contributed by atoms with Crippen molar-refractivity contribution < 1.29 is 9.53 Å². The Morgan fingerprint density at radius 2 is 1.54 bits per heavy atom. The van der Waals surface area contributed by atoms with Gasteiger partial charge in [-0.15, -0.1) is 0 Å². The average molecular weight is 343 g/mol. The first-order valence-corrected chi connectivity index (χ1v) is 8.80. The number of methoxy groups -OCH3 is 1. The van der Waals surface area contributed by atoms with E-state index >= 15 is 0 Å². The van der Waals surface area contributed by atoms with Crippen molar-refractivity contribution in [1.29, 1.82) is 0 Å². The fourth-order valence-electron chi connectivity index (χ4n) is 3.57. The second-order valence-electron chi connectivity index (χ2n) is 6.60. The molecule has 0 amide bonds. The number of carbonyl (C=O) groups is 1. The van der Waals surface area contributed by atoms with Gasteiger partial charge in [-0.2, -0.15) is 0 Å². The molecular formula is C23H21NO2. The normalized spacial score (nSPS) is 16.5. The molecule has 0 N–H and O–H groups in total. The molecule has 1 aliphatic heterocycles. The van der Waals surface area contributed by atoms with Gasteiger partial charge in [-0.25, -0.2) is 0 Å². The quantitative estimate of drug-likeness (QED) is 0.594. The second-order valence-corrected chi connectivity index (χ2v) is 6.60. The van der Waals surface area contributed by atoms with Crippen molar-refractivity contribution in [3.63, 3.8) is 0 Å². The van der Waals surface area contributed by atoms with Crippen LogP contribution in [-0.4, -0.2) is 12.9 Å². The summed E-state index contributed by atoms with van der Waals surface area (Å²) in [6, 6.07) is 24.3. The number of hydrogen-bond donors (Lipinski definition) is 0. The fourth-order valence-corrected chi connectivity index (χ4v) is 3.57. The van der Waals surface area contributed by atoms with Crippen molar-refractivity contribution in [3.05, 3.63) is 89.5 Å². The van der Waals surface area contributed by atoms with Gasteiger partial charge in [-0.05, 0) is 37.3 Å². The molecule has 0 bridgehead atoms. The van der Waals surface area contributed by atoms with E-state index in [-0.39, 0.29) is 11.9 Å². The Bertz CT molecular complexity index is 946. The molecule has 0 radical (unpaired) electrons. The van der Waals surface area contributed by atoms with Crippen LogP contribution >= 0.6 is 0 Å². The van der Waals surface area contributed by atoms with Gasteiger partial charge in [-0.1, -0.05) is 48.0 Å². The lowest BCUT2D eigenvalue weighted by atomic mass is 9.93. The predicted molar refractivity (Wildman–Crippen MR) is 105 cm³/mol. The zero-order valence-electron chi connectivity index (χ0n) is 15.0. The molecule has 0 aliphatic carbocycles. The highest BCUT2D eigenvalue weighted by atomic mass is 16.5. The Morgan fingerprint density at radius 1 is 0.885 bits per heavy atom. The zero-order valence-corrected chi connectivity index (χ0v) is 15.0. The monoisotopic (exact) mass is 343 g/mol. The van der Waals surface area contributed by atoms with Gasteiger partial charge in [-0.3, -0.25) is 4.79 Å². The van der Waals surface area contributed by atoms with E-state index < -0.39 is 0 Å². The lowest BCUT2D eigenvalue weighted by Gasteiger charge is -2.33. The second kappa shape index (κ2) is 6.77. The number of benzene rings is 3. The Morgan fingerprint density at radius 3 is 2.27 bits per heavy atom. The molecule has 0 aromatic heterocycles. The molecule has 0 saturated heterocycles. The van der Waals surface area contributed by atoms with Crippen LogP contribution in [0.25, 0.3) is 0 Å². The third kappa shape index (κ3) is 2.80. The molecule has 1 heterocycles. The number of ether oxygens (including phenoxy) is 1. The van der Waals surface area contributed by atoms with Crippen LogP contribution in [0.15, 0.2) is 72.8 Å². The van der Waals surface area contributed by atoms with Crippen LogP contribution in [-0.2, 0) is 4.74 Å². The molecule has 0 saturated carbocycles. The SMILES string of the molecule is COC1CC(=O)c2ccccc2N(c2ccc(C)cc2)c2ccccc21. The summed E-state index contributed by atoms with van der Waals surface area (Å²) in [6.07, 6.45) is 0.0757. The number of carbonyl (C=O) groups excluding carboxylic acids is 1. The first-order valence-electron chi connectivity index (χ1n) is 8.80. The number of hydrogen-bond acceptors (Lipinski definition) is 3. The Kier molecular flexibility index (Phi) is 4.31. The summed E-state index contributed by atoms with van der Waals surface area (Å²) in [5.41, 5.74) is 5.93. The van der Waals surface area contributed by atoms with Crippen molar-refractivity contribution in [1.82, 2.24) is 0 Å². The highest BCUT2D eigenvalue weighted by Gasteiger charge is 2.29. The van der Waals surface area contributed by atoms with E-state index in [9.17, 15) is 4.79 Å². The van der Waals surface area contributed by atoms with Crippen LogP contribution < -0.4 is 4.90 Å². The van der Waals surface area contributed by atoms with Crippen LogP contribution in [0.5, 0.6) is 0 Å².